The van der Waals surface area contributed by atoms with Crippen molar-refractivity contribution < 1.29 is 23.8 Å². The Balaban J connectivity index is 1.07. The molecule has 1 aromatic carbocycles. The van der Waals surface area contributed by atoms with Crippen molar-refractivity contribution in [1.29, 1.82) is 0 Å². The van der Waals surface area contributed by atoms with E-state index in [0.717, 1.165) is 61.3 Å². The Morgan fingerprint density at radius 3 is 2.92 bits per heavy atom. The van der Waals surface area contributed by atoms with Crippen molar-refractivity contribution in [2.24, 2.45) is 0 Å². The lowest BCUT2D eigenvalue weighted by molar-refractivity contribution is -0.151. The van der Waals surface area contributed by atoms with Gasteiger partial charge in [-0.2, -0.15) is 0 Å². The summed E-state index contributed by atoms with van der Waals surface area (Å²) in [5, 5.41) is 13.4. The zero-order valence-electron chi connectivity index (χ0n) is 21.2. The molecule has 194 valence electrons. The third-order valence-electron chi connectivity index (χ3n) is 7.56. The lowest BCUT2D eigenvalue weighted by Crippen LogP contribution is -2.55. The van der Waals surface area contributed by atoms with Gasteiger partial charge in [0, 0.05) is 31.9 Å². The fraction of sp³-hybridized carbons (Fsp3) is 0.571. The van der Waals surface area contributed by atoms with Crippen LogP contribution in [0.5, 0.6) is 0 Å². The summed E-state index contributed by atoms with van der Waals surface area (Å²) in [5.74, 6) is -0.350. The standard InChI is InChI=1S/C28H36FN3O4/c1-28(2)24-19(17-36-28)13-20(29)14-23(24)25(27(33)34)32-15-22(16-32)35-12-5-3-4-8-21-10-9-18-7-6-11-30-26(18)31-21/h9-10,13-14,22,25H,3-8,11-12,15-17H2,1-2H3,(H,30,31)(H,33,34). The second kappa shape index (κ2) is 10.4. The predicted molar refractivity (Wildman–Crippen MR) is 135 cm³/mol. The number of pyridine rings is 1. The molecule has 5 rings (SSSR count). The first kappa shape index (κ1) is 25.1. The van der Waals surface area contributed by atoms with Gasteiger partial charge in [0.2, 0.25) is 0 Å². The summed E-state index contributed by atoms with van der Waals surface area (Å²) in [7, 11) is 0. The van der Waals surface area contributed by atoms with Gasteiger partial charge < -0.3 is 19.9 Å². The average molecular weight is 498 g/mol. The first-order chi connectivity index (χ1) is 17.3. The Labute approximate surface area is 212 Å². The van der Waals surface area contributed by atoms with Crippen LogP contribution in [-0.4, -0.2) is 53.3 Å². The SMILES string of the molecule is CC1(C)OCc2cc(F)cc(C(C(=O)O)N3CC(OCCCCCc4ccc5c(n4)NCCC5)C3)c21. The van der Waals surface area contributed by atoms with E-state index in [9.17, 15) is 14.3 Å². The number of carbonyl (C=O) groups is 1. The van der Waals surface area contributed by atoms with Crippen LogP contribution in [0, 0.1) is 5.82 Å². The summed E-state index contributed by atoms with van der Waals surface area (Å²) in [6.07, 6.45) is 6.33. The number of likely N-dealkylation sites (tertiary alicyclic amines) is 1. The summed E-state index contributed by atoms with van der Waals surface area (Å²) in [5.41, 5.74) is 3.83. The lowest BCUT2D eigenvalue weighted by atomic mass is 9.86. The normalized spacial score (nSPS) is 19.8. The average Bonchev–Trinajstić information content (AvgIpc) is 3.12. The van der Waals surface area contributed by atoms with Gasteiger partial charge in [0.05, 0.1) is 18.3 Å². The molecule has 36 heavy (non-hydrogen) atoms. The number of hydrogen-bond donors (Lipinski definition) is 2. The molecule has 3 aliphatic rings. The van der Waals surface area contributed by atoms with Crippen LogP contribution in [0.3, 0.4) is 0 Å². The zero-order chi connectivity index (χ0) is 25.3. The molecule has 7 nitrogen and oxygen atoms in total. The van der Waals surface area contributed by atoms with E-state index in [0.29, 0.717) is 31.9 Å². The minimum atomic E-state index is -0.977. The quantitative estimate of drug-likeness (QED) is 0.465. The fourth-order valence-corrected chi connectivity index (χ4v) is 5.70. The highest BCUT2D eigenvalue weighted by molar-refractivity contribution is 5.77. The Hall–Kier alpha value is -2.55. The number of benzene rings is 1. The number of nitrogens with one attached hydrogen (secondary N) is 1. The molecule has 1 aromatic heterocycles. The van der Waals surface area contributed by atoms with Crippen molar-refractivity contribution in [3.05, 3.63) is 58.0 Å². The molecule has 2 aromatic rings. The number of aryl methyl sites for hydroxylation is 2. The topological polar surface area (TPSA) is 83.9 Å². The van der Waals surface area contributed by atoms with Crippen molar-refractivity contribution in [1.82, 2.24) is 9.88 Å². The predicted octanol–water partition coefficient (Wildman–Crippen LogP) is 4.58. The van der Waals surface area contributed by atoms with Crippen LogP contribution in [0.25, 0.3) is 0 Å². The first-order valence-electron chi connectivity index (χ1n) is 13.1. The van der Waals surface area contributed by atoms with Gasteiger partial charge >= 0.3 is 5.97 Å². The molecule has 0 spiro atoms. The number of aliphatic carboxylic acids is 1. The number of aromatic nitrogens is 1. The number of ether oxygens (including phenoxy) is 2. The number of unbranched alkanes of at least 4 members (excludes halogenated alkanes) is 2. The molecule has 0 radical (unpaired) electrons. The molecular formula is C28H36FN3O4. The molecule has 0 amide bonds. The van der Waals surface area contributed by atoms with Gasteiger partial charge in [0.25, 0.3) is 0 Å². The van der Waals surface area contributed by atoms with Crippen LogP contribution < -0.4 is 5.32 Å². The molecular weight excluding hydrogens is 461 g/mol. The van der Waals surface area contributed by atoms with Crippen molar-refractivity contribution in [2.75, 3.05) is 31.6 Å². The highest BCUT2D eigenvalue weighted by atomic mass is 19.1. The number of hydrogen-bond acceptors (Lipinski definition) is 6. The van der Waals surface area contributed by atoms with Gasteiger partial charge in [-0.25, -0.2) is 9.37 Å². The summed E-state index contributed by atoms with van der Waals surface area (Å²) >= 11 is 0. The molecule has 0 aliphatic carbocycles. The van der Waals surface area contributed by atoms with E-state index in [4.69, 9.17) is 14.5 Å². The smallest absolute Gasteiger partial charge is 0.325 e. The molecule has 1 fully saturated rings. The number of carboxylic acid groups (broad SMARTS) is 1. The highest BCUT2D eigenvalue weighted by Gasteiger charge is 2.43. The number of nitrogens with zero attached hydrogens (tertiary/aromatic N) is 2. The van der Waals surface area contributed by atoms with Crippen LogP contribution in [0.1, 0.15) is 73.5 Å². The van der Waals surface area contributed by atoms with Crippen LogP contribution >= 0.6 is 0 Å². The van der Waals surface area contributed by atoms with E-state index in [1.54, 1.807) is 0 Å². The first-order valence-corrected chi connectivity index (χ1v) is 13.1. The van der Waals surface area contributed by atoms with Crippen molar-refractivity contribution in [3.63, 3.8) is 0 Å². The summed E-state index contributed by atoms with van der Waals surface area (Å²) in [6.45, 7) is 6.81. The number of rotatable bonds is 10. The van der Waals surface area contributed by atoms with Gasteiger partial charge in [0.1, 0.15) is 17.7 Å². The van der Waals surface area contributed by atoms with Crippen molar-refractivity contribution >= 4 is 11.8 Å². The number of halogens is 1. The van der Waals surface area contributed by atoms with Gasteiger partial charge in [-0.05, 0) is 86.4 Å². The molecule has 1 atom stereocenters. The summed E-state index contributed by atoms with van der Waals surface area (Å²) < 4.78 is 26.1. The van der Waals surface area contributed by atoms with E-state index in [1.165, 1.54) is 24.1 Å². The molecule has 2 N–H and O–H groups in total. The van der Waals surface area contributed by atoms with E-state index >= 15 is 0 Å². The molecule has 3 aliphatic heterocycles. The second-order valence-electron chi connectivity index (χ2n) is 10.7. The fourth-order valence-electron chi connectivity index (χ4n) is 5.70. The Bertz CT molecular complexity index is 1120. The number of anilines is 1. The molecule has 1 saturated heterocycles. The monoisotopic (exact) mass is 497 g/mol. The molecule has 4 heterocycles. The van der Waals surface area contributed by atoms with Crippen LogP contribution in [0.15, 0.2) is 24.3 Å². The van der Waals surface area contributed by atoms with Gasteiger partial charge in [-0.3, -0.25) is 9.69 Å². The maximum Gasteiger partial charge on any atom is 0.325 e. The third kappa shape index (κ3) is 5.26. The molecule has 1 unspecified atom stereocenters. The third-order valence-corrected chi connectivity index (χ3v) is 7.56. The summed E-state index contributed by atoms with van der Waals surface area (Å²) in [4.78, 5) is 18.8. The Morgan fingerprint density at radius 2 is 2.11 bits per heavy atom. The minimum Gasteiger partial charge on any atom is -0.480 e. The lowest BCUT2D eigenvalue weighted by Gasteiger charge is -2.43. The maximum atomic E-state index is 14.3. The zero-order valence-corrected chi connectivity index (χ0v) is 21.2. The van der Waals surface area contributed by atoms with E-state index in [-0.39, 0.29) is 6.10 Å². The Kier molecular flexibility index (Phi) is 7.28. The Morgan fingerprint density at radius 1 is 1.28 bits per heavy atom. The van der Waals surface area contributed by atoms with E-state index in [1.807, 2.05) is 18.7 Å². The van der Waals surface area contributed by atoms with Gasteiger partial charge in [-0.1, -0.05) is 12.5 Å². The number of carboxylic acids is 1. The van der Waals surface area contributed by atoms with E-state index in [2.05, 4.69) is 17.4 Å². The molecule has 8 heteroatoms. The number of fused-ring (bicyclic) bond motifs is 2. The van der Waals surface area contributed by atoms with Crippen molar-refractivity contribution in [2.45, 2.75) is 76.7 Å². The van der Waals surface area contributed by atoms with Crippen LogP contribution in [0.4, 0.5) is 10.2 Å². The van der Waals surface area contributed by atoms with Gasteiger partial charge in [-0.15, -0.1) is 0 Å². The molecule has 0 bridgehead atoms. The van der Waals surface area contributed by atoms with Gasteiger partial charge in [0.15, 0.2) is 0 Å². The summed E-state index contributed by atoms with van der Waals surface area (Å²) in [6, 6.07) is 6.24. The highest BCUT2D eigenvalue weighted by Crippen LogP contribution is 2.43. The maximum absolute atomic E-state index is 14.3. The molecule has 0 saturated carbocycles. The second-order valence-corrected chi connectivity index (χ2v) is 10.7. The minimum absolute atomic E-state index is 0.00565. The largest absolute Gasteiger partial charge is 0.480 e. The van der Waals surface area contributed by atoms with Crippen molar-refractivity contribution in [3.8, 4) is 0 Å². The van der Waals surface area contributed by atoms with Crippen LogP contribution in [-0.2, 0) is 39.3 Å². The van der Waals surface area contributed by atoms with E-state index < -0.39 is 23.4 Å². The van der Waals surface area contributed by atoms with Crippen LogP contribution in [0.2, 0.25) is 0 Å².